The summed E-state index contributed by atoms with van der Waals surface area (Å²) in [6.07, 6.45) is -2.78. The van der Waals surface area contributed by atoms with Crippen molar-refractivity contribution >= 4 is 5.97 Å². The number of aromatic nitrogens is 1. The highest BCUT2D eigenvalue weighted by Gasteiger charge is 2.30. The average molecular weight is 460 g/mol. The van der Waals surface area contributed by atoms with Gasteiger partial charge < -0.3 is 14.3 Å². The smallest absolute Gasteiger partial charge is 0.416 e. The Morgan fingerprint density at radius 2 is 1.82 bits per heavy atom. The molecule has 0 radical (unpaired) electrons. The zero-order valence-electron chi connectivity index (χ0n) is 18.0. The van der Waals surface area contributed by atoms with E-state index in [4.69, 9.17) is 14.3 Å². The molecule has 0 saturated carbocycles. The molecule has 0 atom stereocenters. The van der Waals surface area contributed by atoms with Crippen LogP contribution in [0.2, 0.25) is 0 Å². The minimum atomic E-state index is -4.39. The van der Waals surface area contributed by atoms with Crippen molar-refractivity contribution in [3.63, 3.8) is 0 Å². The van der Waals surface area contributed by atoms with E-state index in [-0.39, 0.29) is 6.61 Å². The van der Waals surface area contributed by atoms with Crippen LogP contribution in [0.4, 0.5) is 13.2 Å². The first kappa shape index (κ1) is 22.8. The second kappa shape index (κ2) is 9.27. The molecule has 2 heterocycles. The lowest BCUT2D eigenvalue weighted by Gasteiger charge is -2.18. The SMILES string of the molecule is Cc1nc(-c2ccc(C(F)(F)F)cc2)oc1CN1CCc2ccc(OCC(=O)O)cc2CC1. The Bertz CT molecular complexity index is 1140. The number of nitrogens with zero attached hydrogens (tertiary/aromatic N) is 2. The van der Waals surface area contributed by atoms with Gasteiger partial charge >= 0.3 is 12.1 Å². The minimum Gasteiger partial charge on any atom is -0.482 e. The molecular weight excluding hydrogens is 437 g/mol. The van der Waals surface area contributed by atoms with Crippen molar-refractivity contribution in [3.8, 4) is 17.2 Å². The van der Waals surface area contributed by atoms with Crippen LogP contribution in [0.3, 0.4) is 0 Å². The molecule has 0 bridgehead atoms. The fourth-order valence-corrected chi connectivity index (χ4v) is 3.84. The van der Waals surface area contributed by atoms with Crippen molar-refractivity contribution in [2.24, 2.45) is 0 Å². The average Bonchev–Trinajstić information content (AvgIpc) is 3.01. The number of hydrogen-bond acceptors (Lipinski definition) is 5. The van der Waals surface area contributed by atoms with Crippen LogP contribution in [0.1, 0.15) is 28.1 Å². The quantitative estimate of drug-likeness (QED) is 0.573. The van der Waals surface area contributed by atoms with Gasteiger partial charge in [-0.05, 0) is 67.3 Å². The molecule has 2 aromatic carbocycles. The van der Waals surface area contributed by atoms with Gasteiger partial charge in [-0.3, -0.25) is 4.90 Å². The minimum absolute atomic E-state index is 0.301. The molecule has 0 amide bonds. The maximum absolute atomic E-state index is 12.8. The predicted molar refractivity (Wildman–Crippen MR) is 114 cm³/mol. The van der Waals surface area contributed by atoms with E-state index in [0.717, 1.165) is 43.6 Å². The third-order valence-electron chi connectivity index (χ3n) is 5.65. The molecular formula is C24H23F3N2O4. The van der Waals surface area contributed by atoms with E-state index in [1.165, 1.54) is 17.7 Å². The first-order chi connectivity index (χ1) is 15.7. The maximum Gasteiger partial charge on any atom is 0.416 e. The van der Waals surface area contributed by atoms with Gasteiger partial charge in [0.25, 0.3) is 0 Å². The Labute approximate surface area is 188 Å². The molecule has 0 saturated heterocycles. The Morgan fingerprint density at radius 3 is 2.48 bits per heavy atom. The van der Waals surface area contributed by atoms with E-state index < -0.39 is 17.7 Å². The zero-order valence-corrected chi connectivity index (χ0v) is 18.0. The highest BCUT2D eigenvalue weighted by Crippen LogP contribution is 2.31. The van der Waals surface area contributed by atoms with Gasteiger partial charge in [-0.25, -0.2) is 9.78 Å². The molecule has 1 N–H and O–H groups in total. The van der Waals surface area contributed by atoms with Gasteiger partial charge in [0.15, 0.2) is 6.61 Å². The van der Waals surface area contributed by atoms with Crippen LogP contribution in [-0.2, 0) is 30.4 Å². The number of carboxylic acids is 1. The molecule has 0 spiro atoms. The highest BCUT2D eigenvalue weighted by atomic mass is 19.4. The predicted octanol–water partition coefficient (Wildman–Crippen LogP) is 4.73. The first-order valence-electron chi connectivity index (χ1n) is 10.5. The van der Waals surface area contributed by atoms with E-state index >= 15 is 0 Å². The Balaban J connectivity index is 1.42. The molecule has 6 nitrogen and oxygen atoms in total. The van der Waals surface area contributed by atoms with E-state index in [2.05, 4.69) is 9.88 Å². The lowest BCUT2D eigenvalue weighted by Crippen LogP contribution is -2.26. The second-order valence-electron chi connectivity index (χ2n) is 7.99. The molecule has 0 fully saturated rings. The third kappa shape index (κ3) is 5.54. The summed E-state index contributed by atoms with van der Waals surface area (Å²) >= 11 is 0. The van der Waals surface area contributed by atoms with Crippen LogP contribution < -0.4 is 4.74 Å². The van der Waals surface area contributed by atoms with Crippen LogP contribution >= 0.6 is 0 Å². The van der Waals surface area contributed by atoms with Gasteiger partial charge in [-0.2, -0.15) is 13.2 Å². The van der Waals surface area contributed by atoms with Crippen molar-refractivity contribution in [3.05, 3.63) is 70.6 Å². The molecule has 4 rings (SSSR count). The molecule has 174 valence electrons. The Kier molecular flexibility index (Phi) is 6.42. The number of benzene rings is 2. The maximum atomic E-state index is 12.8. The summed E-state index contributed by atoms with van der Waals surface area (Å²) in [7, 11) is 0. The zero-order chi connectivity index (χ0) is 23.6. The van der Waals surface area contributed by atoms with E-state index in [9.17, 15) is 18.0 Å². The molecule has 3 aromatic rings. The monoisotopic (exact) mass is 460 g/mol. The van der Waals surface area contributed by atoms with Crippen LogP contribution in [0, 0.1) is 6.92 Å². The normalized spacial score (nSPS) is 14.5. The van der Waals surface area contributed by atoms with Crippen LogP contribution in [0.15, 0.2) is 46.9 Å². The van der Waals surface area contributed by atoms with Crippen molar-refractivity contribution in [2.45, 2.75) is 32.5 Å². The number of aliphatic carboxylic acids is 1. The number of ether oxygens (including phenoxy) is 1. The Hall–Kier alpha value is -3.33. The van der Waals surface area contributed by atoms with E-state index in [0.29, 0.717) is 35.2 Å². The van der Waals surface area contributed by atoms with Crippen LogP contribution in [0.25, 0.3) is 11.5 Å². The molecule has 1 aliphatic rings. The summed E-state index contributed by atoms with van der Waals surface area (Å²) in [5.41, 5.74) is 2.81. The number of hydrogen-bond donors (Lipinski definition) is 1. The number of oxazole rings is 1. The molecule has 0 unspecified atom stereocenters. The standard InChI is InChI=1S/C24H23F3N2O4/c1-15-21(33-23(28-15)17-2-5-19(6-3-17)24(25,26)27)13-29-10-8-16-4-7-20(32-14-22(30)31)12-18(16)9-11-29/h2-7,12H,8-11,13-14H2,1H3,(H,30,31). The topological polar surface area (TPSA) is 75.8 Å². The van der Waals surface area contributed by atoms with Gasteiger partial charge in [0.05, 0.1) is 17.8 Å². The highest BCUT2D eigenvalue weighted by molar-refractivity contribution is 5.68. The van der Waals surface area contributed by atoms with Crippen molar-refractivity contribution in [2.75, 3.05) is 19.7 Å². The van der Waals surface area contributed by atoms with E-state index in [1.54, 1.807) is 6.07 Å². The summed E-state index contributed by atoms with van der Waals surface area (Å²) in [6.45, 7) is 3.56. The Morgan fingerprint density at radius 1 is 1.12 bits per heavy atom. The summed E-state index contributed by atoms with van der Waals surface area (Å²) in [4.78, 5) is 17.4. The number of carbonyl (C=O) groups is 1. The van der Waals surface area contributed by atoms with Crippen molar-refractivity contribution in [1.29, 1.82) is 0 Å². The number of carboxylic acid groups (broad SMARTS) is 1. The van der Waals surface area contributed by atoms with Crippen molar-refractivity contribution < 1.29 is 32.2 Å². The molecule has 0 aliphatic carbocycles. The fourth-order valence-electron chi connectivity index (χ4n) is 3.84. The number of fused-ring (bicyclic) bond motifs is 1. The summed E-state index contributed by atoms with van der Waals surface area (Å²) < 4.78 is 49.6. The molecule has 1 aliphatic heterocycles. The summed E-state index contributed by atoms with van der Waals surface area (Å²) in [6, 6.07) is 10.4. The van der Waals surface area contributed by atoms with Crippen LogP contribution in [-0.4, -0.2) is 40.7 Å². The largest absolute Gasteiger partial charge is 0.482 e. The van der Waals surface area contributed by atoms with Gasteiger partial charge in [0.1, 0.15) is 11.5 Å². The van der Waals surface area contributed by atoms with Crippen LogP contribution in [0.5, 0.6) is 5.75 Å². The molecule has 1 aromatic heterocycles. The van der Waals surface area contributed by atoms with Gasteiger partial charge in [-0.15, -0.1) is 0 Å². The third-order valence-corrected chi connectivity index (χ3v) is 5.65. The van der Waals surface area contributed by atoms with Crippen molar-refractivity contribution in [1.82, 2.24) is 9.88 Å². The summed E-state index contributed by atoms with van der Waals surface area (Å²) in [5, 5.41) is 8.78. The molecule has 9 heteroatoms. The summed E-state index contributed by atoms with van der Waals surface area (Å²) in [5.74, 6) is 0.502. The first-order valence-corrected chi connectivity index (χ1v) is 10.5. The number of alkyl halides is 3. The fraction of sp³-hybridized carbons (Fsp3) is 0.333. The lowest BCUT2D eigenvalue weighted by molar-refractivity contribution is -0.139. The van der Waals surface area contributed by atoms with Gasteiger partial charge in [0.2, 0.25) is 5.89 Å². The molecule has 33 heavy (non-hydrogen) atoms. The van der Waals surface area contributed by atoms with Gasteiger partial charge in [-0.1, -0.05) is 6.07 Å². The second-order valence-corrected chi connectivity index (χ2v) is 7.99. The van der Waals surface area contributed by atoms with Gasteiger partial charge in [0, 0.05) is 18.7 Å². The number of halogens is 3. The number of rotatable bonds is 6. The number of aryl methyl sites for hydroxylation is 1. The van der Waals surface area contributed by atoms with E-state index in [1.807, 2.05) is 19.1 Å². The lowest BCUT2D eigenvalue weighted by atomic mass is 10.0.